The molecule has 2 aromatic rings. The van der Waals surface area contributed by atoms with Gasteiger partial charge in [-0.1, -0.05) is 12.1 Å². The van der Waals surface area contributed by atoms with Gasteiger partial charge in [-0.3, -0.25) is 0 Å². The van der Waals surface area contributed by atoms with Crippen LogP contribution in [0.4, 0.5) is 4.39 Å². The summed E-state index contributed by atoms with van der Waals surface area (Å²) in [7, 11) is 1.98. The van der Waals surface area contributed by atoms with Gasteiger partial charge in [0.05, 0.1) is 6.10 Å². The molecule has 2 N–H and O–H groups in total. The van der Waals surface area contributed by atoms with Gasteiger partial charge in [0.2, 0.25) is 0 Å². The Balaban J connectivity index is 1.83. The van der Waals surface area contributed by atoms with Crippen molar-refractivity contribution in [1.29, 1.82) is 0 Å². The SMILES string of the molecule is Cn1cccc1CNCC(O)c1ccc(F)cc1. The molecule has 0 amide bonds. The third kappa shape index (κ3) is 3.18. The number of benzene rings is 1. The van der Waals surface area contributed by atoms with Crippen LogP contribution in [0, 0.1) is 5.82 Å². The molecule has 1 heterocycles. The van der Waals surface area contributed by atoms with Crippen molar-refractivity contribution in [3.8, 4) is 0 Å². The van der Waals surface area contributed by atoms with E-state index in [1.165, 1.54) is 12.1 Å². The van der Waals surface area contributed by atoms with Gasteiger partial charge in [0.25, 0.3) is 0 Å². The Morgan fingerprint density at radius 1 is 1.28 bits per heavy atom. The minimum Gasteiger partial charge on any atom is -0.387 e. The molecule has 0 bridgehead atoms. The highest BCUT2D eigenvalue weighted by molar-refractivity contribution is 5.18. The number of aryl methyl sites for hydroxylation is 1. The van der Waals surface area contributed by atoms with Crippen LogP contribution in [0.15, 0.2) is 42.6 Å². The van der Waals surface area contributed by atoms with E-state index in [4.69, 9.17) is 0 Å². The van der Waals surface area contributed by atoms with Crippen LogP contribution in [-0.4, -0.2) is 16.2 Å². The van der Waals surface area contributed by atoms with Crippen molar-refractivity contribution in [3.63, 3.8) is 0 Å². The maximum Gasteiger partial charge on any atom is 0.123 e. The smallest absolute Gasteiger partial charge is 0.123 e. The highest BCUT2D eigenvalue weighted by atomic mass is 19.1. The van der Waals surface area contributed by atoms with Crippen LogP contribution in [0.5, 0.6) is 0 Å². The van der Waals surface area contributed by atoms with E-state index in [0.29, 0.717) is 13.1 Å². The molecule has 0 radical (unpaired) electrons. The van der Waals surface area contributed by atoms with Crippen LogP contribution in [0.25, 0.3) is 0 Å². The molecule has 0 spiro atoms. The number of rotatable bonds is 5. The zero-order valence-corrected chi connectivity index (χ0v) is 10.3. The third-order valence-electron chi connectivity index (χ3n) is 2.95. The van der Waals surface area contributed by atoms with Gasteiger partial charge < -0.3 is 15.0 Å². The Bertz CT molecular complexity index is 493. The van der Waals surface area contributed by atoms with Crippen LogP contribution in [0.1, 0.15) is 17.4 Å². The summed E-state index contributed by atoms with van der Waals surface area (Å²) in [6.45, 7) is 1.14. The lowest BCUT2D eigenvalue weighted by Gasteiger charge is -2.12. The predicted octanol–water partition coefficient (Wildman–Crippen LogP) is 1.99. The molecule has 1 aromatic carbocycles. The molecule has 0 aliphatic carbocycles. The lowest BCUT2D eigenvalue weighted by atomic mass is 10.1. The van der Waals surface area contributed by atoms with Gasteiger partial charge >= 0.3 is 0 Å². The molecular formula is C14H17FN2O. The van der Waals surface area contributed by atoms with E-state index in [-0.39, 0.29) is 5.82 Å². The predicted molar refractivity (Wildman–Crippen MR) is 68.5 cm³/mol. The fraction of sp³-hybridized carbons (Fsp3) is 0.286. The maximum atomic E-state index is 12.7. The fourth-order valence-corrected chi connectivity index (χ4v) is 1.82. The normalized spacial score (nSPS) is 12.6. The van der Waals surface area contributed by atoms with E-state index in [2.05, 4.69) is 5.32 Å². The quantitative estimate of drug-likeness (QED) is 0.849. The number of aromatic nitrogens is 1. The summed E-state index contributed by atoms with van der Waals surface area (Å²) >= 11 is 0. The molecule has 0 aliphatic heterocycles. The van der Waals surface area contributed by atoms with Crippen LogP contribution in [0.3, 0.4) is 0 Å². The van der Waals surface area contributed by atoms with Crippen molar-refractivity contribution in [2.75, 3.05) is 6.54 Å². The van der Waals surface area contributed by atoms with Crippen molar-refractivity contribution in [2.45, 2.75) is 12.6 Å². The first-order valence-electron chi connectivity index (χ1n) is 5.91. The molecule has 0 aliphatic rings. The van der Waals surface area contributed by atoms with Gasteiger partial charge in [0.15, 0.2) is 0 Å². The molecule has 1 aromatic heterocycles. The first-order valence-corrected chi connectivity index (χ1v) is 5.91. The second-order valence-electron chi connectivity index (χ2n) is 4.31. The van der Waals surface area contributed by atoms with Crippen molar-refractivity contribution >= 4 is 0 Å². The van der Waals surface area contributed by atoms with Gasteiger partial charge in [-0.05, 0) is 29.8 Å². The molecule has 18 heavy (non-hydrogen) atoms. The summed E-state index contributed by atoms with van der Waals surface area (Å²) in [5, 5.41) is 13.1. The molecule has 1 atom stereocenters. The number of nitrogens with one attached hydrogen (secondary N) is 1. The molecule has 4 heteroatoms. The van der Waals surface area contributed by atoms with Crippen LogP contribution in [-0.2, 0) is 13.6 Å². The van der Waals surface area contributed by atoms with E-state index in [1.807, 2.05) is 29.9 Å². The lowest BCUT2D eigenvalue weighted by Crippen LogP contribution is -2.22. The summed E-state index contributed by atoms with van der Waals surface area (Å²) < 4.78 is 14.8. The summed E-state index contributed by atoms with van der Waals surface area (Å²) in [6.07, 6.45) is 1.36. The Hall–Kier alpha value is -1.65. The lowest BCUT2D eigenvalue weighted by molar-refractivity contribution is 0.174. The van der Waals surface area contributed by atoms with Crippen LogP contribution in [0.2, 0.25) is 0 Å². The minimum absolute atomic E-state index is 0.289. The van der Waals surface area contributed by atoms with Crippen LogP contribution >= 0.6 is 0 Å². The van der Waals surface area contributed by atoms with Gasteiger partial charge in [0.1, 0.15) is 5.82 Å². The molecule has 2 rings (SSSR count). The number of hydrogen-bond donors (Lipinski definition) is 2. The number of aliphatic hydroxyl groups excluding tert-OH is 1. The highest BCUT2D eigenvalue weighted by Crippen LogP contribution is 2.12. The Morgan fingerprint density at radius 2 is 2.00 bits per heavy atom. The Morgan fingerprint density at radius 3 is 2.61 bits per heavy atom. The van der Waals surface area contributed by atoms with Crippen molar-refractivity contribution in [3.05, 3.63) is 59.7 Å². The first-order chi connectivity index (χ1) is 8.66. The Kier molecular flexibility index (Phi) is 4.12. The van der Waals surface area contributed by atoms with E-state index in [0.717, 1.165) is 11.3 Å². The van der Waals surface area contributed by atoms with Crippen LogP contribution < -0.4 is 5.32 Å². The monoisotopic (exact) mass is 248 g/mol. The highest BCUT2D eigenvalue weighted by Gasteiger charge is 2.07. The second-order valence-corrected chi connectivity index (χ2v) is 4.31. The summed E-state index contributed by atoms with van der Waals surface area (Å²) in [6, 6.07) is 9.92. The van der Waals surface area contributed by atoms with Crippen molar-refractivity contribution < 1.29 is 9.50 Å². The zero-order chi connectivity index (χ0) is 13.0. The fourth-order valence-electron chi connectivity index (χ4n) is 1.82. The summed E-state index contributed by atoms with van der Waals surface area (Å²) in [5.74, 6) is -0.289. The van der Waals surface area contributed by atoms with E-state index in [1.54, 1.807) is 12.1 Å². The largest absolute Gasteiger partial charge is 0.387 e. The molecule has 1 unspecified atom stereocenters. The number of halogens is 1. The van der Waals surface area contributed by atoms with Gasteiger partial charge in [0, 0.05) is 32.0 Å². The van der Waals surface area contributed by atoms with Gasteiger partial charge in [-0.15, -0.1) is 0 Å². The molecule has 0 fully saturated rings. The van der Waals surface area contributed by atoms with Gasteiger partial charge in [-0.2, -0.15) is 0 Å². The number of aliphatic hydroxyl groups is 1. The Labute approximate surface area is 106 Å². The minimum atomic E-state index is -0.620. The molecule has 96 valence electrons. The van der Waals surface area contributed by atoms with Crippen molar-refractivity contribution in [1.82, 2.24) is 9.88 Å². The average Bonchev–Trinajstić information content (AvgIpc) is 2.76. The first kappa shape index (κ1) is 12.8. The van der Waals surface area contributed by atoms with E-state index in [9.17, 15) is 9.50 Å². The van der Waals surface area contributed by atoms with E-state index < -0.39 is 6.10 Å². The summed E-state index contributed by atoms with van der Waals surface area (Å²) in [4.78, 5) is 0. The topological polar surface area (TPSA) is 37.2 Å². The van der Waals surface area contributed by atoms with Gasteiger partial charge in [-0.25, -0.2) is 4.39 Å². The number of nitrogens with zero attached hydrogens (tertiary/aromatic N) is 1. The third-order valence-corrected chi connectivity index (χ3v) is 2.95. The standard InChI is InChI=1S/C14H17FN2O/c1-17-8-2-3-13(17)9-16-10-14(18)11-4-6-12(15)7-5-11/h2-8,14,16,18H,9-10H2,1H3. The molecule has 0 saturated heterocycles. The van der Waals surface area contributed by atoms with E-state index >= 15 is 0 Å². The maximum absolute atomic E-state index is 12.7. The average molecular weight is 248 g/mol. The second kappa shape index (κ2) is 5.80. The zero-order valence-electron chi connectivity index (χ0n) is 10.3. The molecule has 0 saturated carbocycles. The summed E-state index contributed by atoms with van der Waals surface area (Å²) in [5.41, 5.74) is 1.87. The molecule has 3 nitrogen and oxygen atoms in total. The molecular weight excluding hydrogens is 231 g/mol. The number of hydrogen-bond acceptors (Lipinski definition) is 2. The van der Waals surface area contributed by atoms with Crippen molar-refractivity contribution in [2.24, 2.45) is 7.05 Å².